The Morgan fingerprint density at radius 1 is 1.32 bits per heavy atom. The third kappa shape index (κ3) is 3.10. The SMILES string of the molecule is C[C@]12C[C@](c3cn4cc(C(=O)Nc5cccn(C6CC6F)c5=O)c(OC5CC5)cc4n3)(CO1)C2. The number of halogens is 1. The van der Waals surface area contributed by atoms with Crippen molar-refractivity contribution in [2.45, 2.75) is 68.4 Å². The van der Waals surface area contributed by atoms with E-state index in [9.17, 15) is 14.0 Å². The Hall–Kier alpha value is -3.20. The number of alkyl halides is 1. The van der Waals surface area contributed by atoms with Gasteiger partial charge in [0.1, 0.15) is 23.3 Å². The minimum Gasteiger partial charge on any atom is -0.489 e. The molecule has 34 heavy (non-hydrogen) atoms. The standard InChI is InChI=1S/C25H25FN4O4/c1-24-11-25(12-24,13-33-24)20-10-29-9-15(19(8-21(29)28-20)34-14-4-5-14)22(31)27-17-3-2-6-30(23(17)32)18-7-16(18)26/h2-3,6,8-10,14,16,18H,4-5,7,11-13H2,1H3,(H,27,31)/t16?,18?,24-,25-. The molecule has 8 rings (SSSR count). The Kier molecular flexibility index (Phi) is 3.97. The summed E-state index contributed by atoms with van der Waals surface area (Å²) in [6, 6.07) is 4.52. The molecule has 2 unspecified atom stereocenters. The number of ether oxygens (including phenoxy) is 2. The van der Waals surface area contributed by atoms with Gasteiger partial charge in [-0.05, 0) is 44.7 Å². The van der Waals surface area contributed by atoms with Gasteiger partial charge in [-0.25, -0.2) is 9.37 Å². The summed E-state index contributed by atoms with van der Waals surface area (Å²) in [5, 5.41) is 2.72. The number of imidazole rings is 1. The molecule has 2 atom stereocenters. The highest BCUT2D eigenvalue weighted by Crippen LogP contribution is 2.58. The molecule has 3 aromatic rings. The van der Waals surface area contributed by atoms with Gasteiger partial charge in [0.05, 0.1) is 35.6 Å². The zero-order valence-electron chi connectivity index (χ0n) is 18.8. The molecule has 8 nitrogen and oxygen atoms in total. The van der Waals surface area contributed by atoms with Crippen molar-refractivity contribution in [3.63, 3.8) is 0 Å². The van der Waals surface area contributed by atoms with Gasteiger partial charge < -0.3 is 23.8 Å². The molecule has 5 aliphatic rings. The number of pyridine rings is 2. The first kappa shape index (κ1) is 20.2. The van der Waals surface area contributed by atoms with Crippen molar-refractivity contribution in [2.75, 3.05) is 11.9 Å². The fourth-order valence-electron chi connectivity index (χ4n) is 5.55. The number of nitrogens with one attached hydrogen (secondary N) is 1. The summed E-state index contributed by atoms with van der Waals surface area (Å²) in [6.45, 7) is 2.79. The molecule has 9 heteroatoms. The van der Waals surface area contributed by atoms with Crippen LogP contribution in [0.5, 0.6) is 5.75 Å². The quantitative estimate of drug-likeness (QED) is 0.604. The van der Waals surface area contributed by atoms with Gasteiger partial charge >= 0.3 is 0 Å². The summed E-state index contributed by atoms with van der Waals surface area (Å²) in [5.41, 5.74) is 1.59. The summed E-state index contributed by atoms with van der Waals surface area (Å²) in [6.07, 6.45) is 8.41. The zero-order chi connectivity index (χ0) is 23.2. The maximum absolute atomic E-state index is 13.5. The van der Waals surface area contributed by atoms with Crippen molar-refractivity contribution in [3.05, 3.63) is 58.4 Å². The lowest BCUT2D eigenvalue weighted by atomic mass is 9.62. The van der Waals surface area contributed by atoms with Crippen LogP contribution in [-0.2, 0) is 10.2 Å². The van der Waals surface area contributed by atoms with E-state index in [1.54, 1.807) is 24.5 Å². The number of aromatic nitrogens is 3. The van der Waals surface area contributed by atoms with Crippen LogP contribution in [0.2, 0.25) is 0 Å². The smallest absolute Gasteiger partial charge is 0.274 e. The lowest BCUT2D eigenvalue weighted by Crippen LogP contribution is -2.45. The fourth-order valence-corrected chi connectivity index (χ4v) is 5.55. The van der Waals surface area contributed by atoms with E-state index in [1.807, 2.05) is 10.6 Å². The number of carbonyl (C=O) groups is 1. The third-order valence-corrected chi connectivity index (χ3v) is 7.54. The lowest BCUT2D eigenvalue weighted by Gasteiger charge is -2.41. The van der Waals surface area contributed by atoms with Crippen LogP contribution < -0.4 is 15.6 Å². The van der Waals surface area contributed by atoms with Gasteiger partial charge in [0.2, 0.25) is 0 Å². The van der Waals surface area contributed by atoms with Crippen LogP contribution in [0.3, 0.4) is 0 Å². The van der Waals surface area contributed by atoms with Gasteiger partial charge in [0.25, 0.3) is 11.5 Å². The Labute approximate surface area is 194 Å². The molecule has 1 amide bonds. The second-order valence-corrected chi connectivity index (χ2v) is 10.5. The van der Waals surface area contributed by atoms with Crippen molar-refractivity contribution in [2.24, 2.45) is 0 Å². The van der Waals surface area contributed by atoms with Gasteiger partial charge in [-0.1, -0.05) is 0 Å². The molecule has 3 saturated carbocycles. The summed E-state index contributed by atoms with van der Waals surface area (Å²) in [4.78, 5) is 30.9. The van der Waals surface area contributed by atoms with Crippen LogP contribution in [0.25, 0.3) is 5.65 Å². The average Bonchev–Trinajstić information content (AvgIpc) is 3.62. The first-order chi connectivity index (χ1) is 16.3. The average molecular weight is 464 g/mol. The van der Waals surface area contributed by atoms with Crippen molar-refractivity contribution < 1.29 is 18.7 Å². The van der Waals surface area contributed by atoms with E-state index < -0.39 is 23.7 Å². The highest BCUT2D eigenvalue weighted by atomic mass is 19.1. The molecular weight excluding hydrogens is 439 g/mol. The highest BCUT2D eigenvalue weighted by Gasteiger charge is 2.61. The molecule has 3 aliphatic carbocycles. The van der Waals surface area contributed by atoms with Crippen LogP contribution in [-0.4, -0.2) is 44.3 Å². The number of carbonyl (C=O) groups excluding carboxylic acids is 1. The lowest BCUT2D eigenvalue weighted by molar-refractivity contribution is 0.0154. The summed E-state index contributed by atoms with van der Waals surface area (Å²) in [5.74, 6) is -0.000584. The van der Waals surface area contributed by atoms with E-state index in [-0.39, 0.29) is 22.8 Å². The molecule has 2 bridgehead atoms. The Morgan fingerprint density at radius 3 is 2.79 bits per heavy atom. The number of anilines is 1. The van der Waals surface area contributed by atoms with Crippen LogP contribution in [0, 0.1) is 0 Å². The molecular formula is C25H25FN4O4. The molecule has 0 aromatic carbocycles. The number of hydrogen-bond acceptors (Lipinski definition) is 5. The van der Waals surface area contributed by atoms with Crippen LogP contribution in [0.1, 0.15) is 61.1 Å². The number of fused-ring (bicyclic) bond motifs is 2. The number of rotatable bonds is 6. The maximum atomic E-state index is 13.5. The van der Waals surface area contributed by atoms with E-state index in [1.165, 1.54) is 10.6 Å². The van der Waals surface area contributed by atoms with E-state index in [0.717, 1.165) is 31.4 Å². The normalized spacial score (nSPS) is 31.4. The van der Waals surface area contributed by atoms with E-state index in [0.29, 0.717) is 30.0 Å². The Morgan fingerprint density at radius 2 is 2.12 bits per heavy atom. The number of amides is 1. The second-order valence-electron chi connectivity index (χ2n) is 10.5. The molecule has 2 saturated heterocycles. The van der Waals surface area contributed by atoms with Crippen molar-refractivity contribution in [1.29, 1.82) is 0 Å². The van der Waals surface area contributed by atoms with Crippen molar-refractivity contribution in [3.8, 4) is 5.75 Å². The van der Waals surface area contributed by atoms with E-state index in [2.05, 4.69) is 12.2 Å². The summed E-state index contributed by atoms with van der Waals surface area (Å²) in [7, 11) is 0. The van der Waals surface area contributed by atoms with Gasteiger partial charge in [-0.2, -0.15) is 0 Å². The largest absolute Gasteiger partial charge is 0.489 e. The first-order valence-electron chi connectivity index (χ1n) is 11.8. The fraction of sp³-hybridized carbons (Fsp3) is 0.480. The van der Waals surface area contributed by atoms with Gasteiger partial charge in [0, 0.05) is 36.5 Å². The zero-order valence-corrected chi connectivity index (χ0v) is 18.8. The van der Waals surface area contributed by atoms with Crippen LogP contribution >= 0.6 is 0 Å². The molecule has 2 aliphatic heterocycles. The minimum absolute atomic E-state index is 0.0493. The summed E-state index contributed by atoms with van der Waals surface area (Å²) < 4.78 is 28.7. The number of hydrogen-bond donors (Lipinski definition) is 1. The summed E-state index contributed by atoms with van der Waals surface area (Å²) >= 11 is 0. The third-order valence-electron chi connectivity index (χ3n) is 7.54. The molecule has 5 fully saturated rings. The van der Waals surface area contributed by atoms with Crippen molar-refractivity contribution in [1.82, 2.24) is 14.0 Å². The van der Waals surface area contributed by atoms with E-state index in [4.69, 9.17) is 14.5 Å². The molecule has 0 spiro atoms. The van der Waals surface area contributed by atoms with Crippen molar-refractivity contribution >= 4 is 17.2 Å². The van der Waals surface area contributed by atoms with Crippen LogP contribution in [0.15, 0.2) is 41.6 Å². The minimum atomic E-state index is -1.02. The number of nitrogens with zero attached hydrogens (tertiary/aromatic N) is 3. The molecule has 3 aromatic heterocycles. The van der Waals surface area contributed by atoms with Crippen LogP contribution in [0.4, 0.5) is 10.1 Å². The topological polar surface area (TPSA) is 86.9 Å². The highest BCUT2D eigenvalue weighted by molar-refractivity contribution is 6.06. The molecule has 1 N–H and O–H groups in total. The van der Waals surface area contributed by atoms with Gasteiger partial charge in [-0.15, -0.1) is 0 Å². The predicted octanol–water partition coefficient (Wildman–Crippen LogP) is 3.39. The predicted molar refractivity (Wildman–Crippen MR) is 121 cm³/mol. The van der Waals surface area contributed by atoms with Gasteiger partial charge in [0.15, 0.2) is 0 Å². The van der Waals surface area contributed by atoms with Gasteiger partial charge in [-0.3, -0.25) is 9.59 Å². The first-order valence-corrected chi connectivity index (χ1v) is 11.8. The Balaban J connectivity index is 1.23. The molecule has 5 heterocycles. The van der Waals surface area contributed by atoms with E-state index >= 15 is 0 Å². The molecule has 176 valence electrons. The maximum Gasteiger partial charge on any atom is 0.274 e. The second kappa shape index (κ2) is 6.69. The Bertz CT molecular complexity index is 1400. The molecule has 0 radical (unpaired) electrons. The monoisotopic (exact) mass is 464 g/mol.